The molecule has 0 bridgehead atoms. The second-order valence-corrected chi connectivity index (χ2v) is 6.04. The lowest BCUT2D eigenvalue weighted by Crippen LogP contribution is -2.51. The summed E-state index contributed by atoms with van der Waals surface area (Å²) < 4.78 is 5.69. The number of amides is 2. The Morgan fingerprint density at radius 1 is 1.00 bits per heavy atom. The van der Waals surface area contributed by atoms with Crippen LogP contribution in [-0.2, 0) is 9.59 Å². The molecule has 1 fully saturated rings. The first-order chi connectivity index (χ1) is 11.6. The van der Waals surface area contributed by atoms with E-state index in [1.165, 1.54) is 31.8 Å². The third-order valence-corrected chi connectivity index (χ3v) is 3.86. The van der Waals surface area contributed by atoms with Gasteiger partial charge in [0.25, 0.3) is 11.8 Å². The van der Waals surface area contributed by atoms with Gasteiger partial charge in [0.1, 0.15) is 11.3 Å². The highest BCUT2D eigenvalue weighted by Gasteiger charge is 2.25. The molecule has 128 valence electrons. The lowest BCUT2D eigenvalue weighted by Gasteiger charge is -2.16. The molecule has 1 aliphatic heterocycles. The SMILES string of the molecule is CCCCCCCOc1ccc(C=C2C(=O)NC(=S)NC2=O)cc1. The number of nitrogens with one attached hydrogen (secondary N) is 2. The van der Waals surface area contributed by atoms with E-state index in [4.69, 9.17) is 17.0 Å². The number of unbranched alkanes of at least 4 members (excludes halogenated alkanes) is 4. The summed E-state index contributed by atoms with van der Waals surface area (Å²) in [6, 6.07) is 7.29. The average molecular weight is 346 g/mol. The standard InChI is InChI=1S/C18H22N2O3S/c1-2-3-4-5-6-11-23-14-9-7-13(8-10-14)12-15-16(21)19-18(24)20-17(15)22/h7-10,12H,2-6,11H2,1H3,(H2,19,20,21,22,24). The molecule has 0 radical (unpaired) electrons. The minimum Gasteiger partial charge on any atom is -0.494 e. The van der Waals surface area contributed by atoms with E-state index >= 15 is 0 Å². The van der Waals surface area contributed by atoms with E-state index in [9.17, 15) is 9.59 Å². The highest BCUT2D eigenvalue weighted by atomic mass is 32.1. The number of carbonyl (C=O) groups is 2. The van der Waals surface area contributed by atoms with Crippen LogP contribution < -0.4 is 15.4 Å². The normalized spacial score (nSPS) is 14.2. The predicted molar refractivity (Wildman–Crippen MR) is 97.6 cm³/mol. The van der Waals surface area contributed by atoms with Crippen molar-refractivity contribution in [3.8, 4) is 5.75 Å². The van der Waals surface area contributed by atoms with E-state index in [1.807, 2.05) is 24.3 Å². The Kier molecular flexibility index (Phi) is 6.93. The Labute approximate surface area is 147 Å². The van der Waals surface area contributed by atoms with Gasteiger partial charge in [-0.3, -0.25) is 20.2 Å². The van der Waals surface area contributed by atoms with E-state index in [1.54, 1.807) is 0 Å². The fourth-order valence-corrected chi connectivity index (χ4v) is 2.51. The zero-order valence-electron chi connectivity index (χ0n) is 13.8. The minimum atomic E-state index is -0.490. The van der Waals surface area contributed by atoms with Gasteiger partial charge in [-0.1, -0.05) is 44.7 Å². The smallest absolute Gasteiger partial charge is 0.263 e. The zero-order chi connectivity index (χ0) is 17.4. The topological polar surface area (TPSA) is 67.4 Å². The first-order valence-electron chi connectivity index (χ1n) is 8.21. The number of hydrogen-bond acceptors (Lipinski definition) is 4. The molecule has 6 heteroatoms. The van der Waals surface area contributed by atoms with Gasteiger partial charge < -0.3 is 4.74 Å². The first-order valence-corrected chi connectivity index (χ1v) is 8.62. The van der Waals surface area contributed by atoms with Crippen molar-refractivity contribution in [2.24, 2.45) is 0 Å². The fraction of sp³-hybridized carbons (Fsp3) is 0.389. The number of hydrogen-bond donors (Lipinski definition) is 2. The maximum atomic E-state index is 11.8. The maximum Gasteiger partial charge on any atom is 0.263 e. The zero-order valence-corrected chi connectivity index (χ0v) is 14.6. The lowest BCUT2D eigenvalue weighted by atomic mass is 10.1. The molecule has 5 nitrogen and oxygen atoms in total. The molecular formula is C18H22N2O3S. The third kappa shape index (κ3) is 5.45. The average Bonchev–Trinajstić information content (AvgIpc) is 2.55. The van der Waals surface area contributed by atoms with Crippen LogP contribution in [0.4, 0.5) is 0 Å². The van der Waals surface area contributed by atoms with Crippen LogP contribution in [-0.4, -0.2) is 23.5 Å². The van der Waals surface area contributed by atoms with Crippen molar-refractivity contribution in [1.29, 1.82) is 0 Å². The second kappa shape index (κ2) is 9.17. The third-order valence-electron chi connectivity index (χ3n) is 3.65. The van der Waals surface area contributed by atoms with Crippen molar-refractivity contribution < 1.29 is 14.3 Å². The molecule has 1 aliphatic rings. The van der Waals surface area contributed by atoms with Gasteiger partial charge in [-0.05, 0) is 42.4 Å². The quantitative estimate of drug-likeness (QED) is 0.329. The molecule has 24 heavy (non-hydrogen) atoms. The summed E-state index contributed by atoms with van der Waals surface area (Å²) in [6.45, 7) is 2.90. The Morgan fingerprint density at radius 3 is 2.25 bits per heavy atom. The Morgan fingerprint density at radius 2 is 1.62 bits per heavy atom. The van der Waals surface area contributed by atoms with Gasteiger partial charge >= 0.3 is 0 Å². The van der Waals surface area contributed by atoms with Crippen molar-refractivity contribution in [3.63, 3.8) is 0 Å². The summed E-state index contributed by atoms with van der Waals surface area (Å²) in [4.78, 5) is 23.6. The molecule has 0 spiro atoms. The van der Waals surface area contributed by atoms with Crippen molar-refractivity contribution in [1.82, 2.24) is 10.6 Å². The molecule has 1 heterocycles. The number of carbonyl (C=O) groups excluding carboxylic acids is 2. The number of benzene rings is 1. The van der Waals surface area contributed by atoms with Crippen molar-refractivity contribution in [3.05, 3.63) is 35.4 Å². The maximum absolute atomic E-state index is 11.8. The second-order valence-electron chi connectivity index (χ2n) is 5.63. The highest BCUT2D eigenvalue weighted by molar-refractivity contribution is 7.80. The van der Waals surface area contributed by atoms with Gasteiger partial charge in [0.2, 0.25) is 0 Å². The summed E-state index contributed by atoms with van der Waals surface area (Å²) >= 11 is 4.76. The number of rotatable bonds is 8. The van der Waals surface area contributed by atoms with E-state index in [0.29, 0.717) is 6.61 Å². The molecule has 1 aromatic carbocycles. The van der Waals surface area contributed by atoms with Crippen LogP contribution in [0.15, 0.2) is 29.8 Å². The summed E-state index contributed by atoms with van der Waals surface area (Å²) in [5, 5.41) is 4.85. The van der Waals surface area contributed by atoms with Crippen LogP contribution in [0.1, 0.15) is 44.6 Å². The van der Waals surface area contributed by atoms with E-state index < -0.39 is 11.8 Å². The van der Waals surface area contributed by atoms with Crippen molar-refractivity contribution >= 4 is 35.2 Å². The minimum absolute atomic E-state index is 0.0323. The van der Waals surface area contributed by atoms with Gasteiger partial charge in [-0.15, -0.1) is 0 Å². The predicted octanol–water partition coefficient (Wildman–Crippen LogP) is 2.95. The summed E-state index contributed by atoms with van der Waals surface area (Å²) in [5.74, 6) is -0.196. The van der Waals surface area contributed by atoms with Gasteiger partial charge in [0, 0.05) is 0 Å². The van der Waals surface area contributed by atoms with Crippen LogP contribution in [0.25, 0.3) is 6.08 Å². The first kappa shape index (κ1) is 18.1. The fourth-order valence-electron chi connectivity index (χ4n) is 2.33. The van der Waals surface area contributed by atoms with E-state index in [-0.39, 0.29) is 10.7 Å². The van der Waals surface area contributed by atoms with Crippen LogP contribution in [0.5, 0.6) is 5.75 Å². The van der Waals surface area contributed by atoms with Gasteiger partial charge in [0.05, 0.1) is 6.61 Å². The molecule has 2 rings (SSSR count). The van der Waals surface area contributed by atoms with Crippen molar-refractivity contribution in [2.45, 2.75) is 39.0 Å². The van der Waals surface area contributed by atoms with Crippen LogP contribution in [0.3, 0.4) is 0 Å². The van der Waals surface area contributed by atoms with Gasteiger partial charge in [0.15, 0.2) is 5.11 Å². The molecule has 1 saturated heterocycles. The van der Waals surface area contributed by atoms with Gasteiger partial charge in [-0.25, -0.2) is 0 Å². The summed E-state index contributed by atoms with van der Waals surface area (Å²) in [6.07, 6.45) is 7.52. The molecule has 1 aromatic rings. The monoisotopic (exact) mass is 346 g/mol. The van der Waals surface area contributed by atoms with Gasteiger partial charge in [-0.2, -0.15) is 0 Å². The molecule has 2 N–H and O–H groups in total. The van der Waals surface area contributed by atoms with E-state index in [0.717, 1.165) is 17.7 Å². The molecule has 2 amide bonds. The Balaban J connectivity index is 1.87. The largest absolute Gasteiger partial charge is 0.494 e. The molecular weight excluding hydrogens is 324 g/mol. The van der Waals surface area contributed by atoms with E-state index in [2.05, 4.69) is 17.6 Å². The Hall–Kier alpha value is -2.21. The van der Waals surface area contributed by atoms with Crippen LogP contribution in [0, 0.1) is 0 Å². The molecule has 0 aliphatic carbocycles. The lowest BCUT2D eigenvalue weighted by molar-refractivity contribution is -0.123. The molecule has 0 atom stereocenters. The highest BCUT2D eigenvalue weighted by Crippen LogP contribution is 2.16. The van der Waals surface area contributed by atoms with Crippen molar-refractivity contribution in [2.75, 3.05) is 6.61 Å². The summed E-state index contributed by atoms with van der Waals surface area (Å²) in [5.41, 5.74) is 0.784. The van der Waals surface area contributed by atoms with Crippen LogP contribution in [0.2, 0.25) is 0 Å². The molecule has 0 saturated carbocycles. The Bertz CT molecular complexity index is 616. The number of thiocarbonyl (C=S) groups is 1. The number of ether oxygens (including phenoxy) is 1. The summed E-state index contributed by atoms with van der Waals surface area (Å²) in [7, 11) is 0. The molecule has 0 aromatic heterocycles. The van der Waals surface area contributed by atoms with Crippen LogP contribution >= 0.6 is 12.2 Å². The molecule has 0 unspecified atom stereocenters.